The summed E-state index contributed by atoms with van der Waals surface area (Å²) in [4.78, 5) is 24.6. The molecule has 1 aliphatic rings. The molecule has 0 N–H and O–H groups in total. The molecular weight excluding hydrogens is 413 g/mol. The van der Waals surface area contributed by atoms with Gasteiger partial charge in [-0.1, -0.05) is 18.2 Å². The van der Waals surface area contributed by atoms with E-state index in [4.69, 9.17) is 14.2 Å². The van der Waals surface area contributed by atoms with Crippen LogP contribution >= 0.6 is 0 Å². The van der Waals surface area contributed by atoms with Crippen LogP contribution in [0.2, 0.25) is 0 Å². The Kier molecular flexibility index (Phi) is 6.07. The van der Waals surface area contributed by atoms with E-state index in [0.29, 0.717) is 23.4 Å². The zero-order chi connectivity index (χ0) is 22.7. The third kappa shape index (κ3) is 4.72. The Morgan fingerprint density at radius 3 is 2.59 bits per heavy atom. The monoisotopic (exact) mass is 435 g/mol. The maximum Gasteiger partial charge on any atom is 0.331 e. The summed E-state index contributed by atoms with van der Waals surface area (Å²) in [7, 11) is 0. The molecule has 0 radical (unpaired) electrons. The highest BCUT2D eigenvalue weighted by Crippen LogP contribution is 2.33. The highest BCUT2D eigenvalue weighted by atomic mass is 19.1. The third-order valence-electron chi connectivity index (χ3n) is 5.28. The van der Waals surface area contributed by atoms with Crippen LogP contribution in [0.15, 0.2) is 54.6 Å². The van der Waals surface area contributed by atoms with Crippen molar-refractivity contribution in [3.05, 3.63) is 88.5 Å². The number of aromatic nitrogens is 1. The number of benzene rings is 2. The molecule has 1 aliphatic heterocycles. The summed E-state index contributed by atoms with van der Waals surface area (Å²) in [5, 5.41) is 0. The minimum absolute atomic E-state index is 0.219. The van der Waals surface area contributed by atoms with Crippen LogP contribution in [0.3, 0.4) is 0 Å². The fourth-order valence-corrected chi connectivity index (χ4v) is 3.55. The van der Waals surface area contributed by atoms with Crippen molar-refractivity contribution in [3.63, 3.8) is 0 Å². The fraction of sp³-hybridized carbons (Fsp3) is 0.200. The van der Waals surface area contributed by atoms with Crippen LogP contribution in [-0.2, 0) is 16.1 Å². The maximum absolute atomic E-state index is 12.9. The van der Waals surface area contributed by atoms with Gasteiger partial charge in [0.15, 0.2) is 18.1 Å². The average molecular weight is 435 g/mol. The van der Waals surface area contributed by atoms with E-state index in [2.05, 4.69) is 0 Å². The van der Waals surface area contributed by atoms with Crippen LogP contribution in [-0.4, -0.2) is 29.7 Å². The molecule has 0 spiro atoms. The largest absolute Gasteiger partial charge is 0.454 e. The number of nitrogens with zero attached hydrogens (tertiary/aromatic N) is 1. The van der Waals surface area contributed by atoms with Crippen molar-refractivity contribution in [2.24, 2.45) is 0 Å². The van der Waals surface area contributed by atoms with Crippen molar-refractivity contribution in [2.75, 3.05) is 13.4 Å². The van der Waals surface area contributed by atoms with Crippen LogP contribution in [0, 0.1) is 19.7 Å². The summed E-state index contributed by atoms with van der Waals surface area (Å²) in [6.45, 7) is 4.22. The zero-order valence-electron chi connectivity index (χ0n) is 17.8. The molecule has 2 heterocycles. The van der Waals surface area contributed by atoms with E-state index in [1.54, 1.807) is 18.2 Å². The first-order valence-electron chi connectivity index (χ1n) is 10.1. The third-order valence-corrected chi connectivity index (χ3v) is 5.28. The number of hydrogen-bond acceptors (Lipinski definition) is 5. The summed E-state index contributed by atoms with van der Waals surface area (Å²) < 4.78 is 30.8. The van der Waals surface area contributed by atoms with E-state index >= 15 is 0 Å². The van der Waals surface area contributed by atoms with Gasteiger partial charge in [0.25, 0.3) is 0 Å². The molecule has 32 heavy (non-hydrogen) atoms. The molecule has 7 heteroatoms. The minimum atomic E-state index is -0.642. The second-order valence-electron chi connectivity index (χ2n) is 7.47. The molecule has 3 aromatic rings. The molecule has 1 aromatic heterocycles. The first-order chi connectivity index (χ1) is 15.4. The highest BCUT2D eigenvalue weighted by molar-refractivity contribution is 6.00. The van der Waals surface area contributed by atoms with Crippen LogP contribution in [0.4, 0.5) is 4.39 Å². The number of Topliss-reactive ketones (excluding diaryl/α,β-unsaturated/α-hetero) is 1. The van der Waals surface area contributed by atoms with Crippen molar-refractivity contribution < 1.29 is 28.2 Å². The topological polar surface area (TPSA) is 66.8 Å². The van der Waals surface area contributed by atoms with Crippen molar-refractivity contribution in [1.82, 2.24) is 4.57 Å². The van der Waals surface area contributed by atoms with Crippen molar-refractivity contribution >= 4 is 17.8 Å². The number of rotatable bonds is 7. The van der Waals surface area contributed by atoms with Crippen molar-refractivity contribution in [2.45, 2.75) is 20.4 Å². The molecule has 0 unspecified atom stereocenters. The number of hydrogen-bond donors (Lipinski definition) is 0. The summed E-state index contributed by atoms with van der Waals surface area (Å²) >= 11 is 0. The Hall–Kier alpha value is -3.87. The van der Waals surface area contributed by atoms with Gasteiger partial charge in [-0.2, -0.15) is 0 Å². The van der Waals surface area contributed by atoms with Crippen LogP contribution in [0.25, 0.3) is 6.08 Å². The van der Waals surface area contributed by atoms with Gasteiger partial charge in [-0.05, 0) is 61.4 Å². The predicted molar refractivity (Wildman–Crippen MR) is 116 cm³/mol. The quantitative estimate of drug-likeness (QED) is 0.311. The number of carbonyl (C=O) groups excluding carboxylic acids is 2. The molecule has 0 bridgehead atoms. The van der Waals surface area contributed by atoms with Crippen molar-refractivity contribution in [1.29, 1.82) is 0 Å². The lowest BCUT2D eigenvalue weighted by atomic mass is 10.1. The number of esters is 1. The Morgan fingerprint density at radius 2 is 1.81 bits per heavy atom. The van der Waals surface area contributed by atoms with Gasteiger partial charge in [0.05, 0.1) is 0 Å². The first kappa shape index (κ1) is 21.4. The van der Waals surface area contributed by atoms with Gasteiger partial charge in [-0.3, -0.25) is 4.79 Å². The van der Waals surface area contributed by atoms with Gasteiger partial charge in [0.2, 0.25) is 12.6 Å². The van der Waals surface area contributed by atoms with Gasteiger partial charge < -0.3 is 18.8 Å². The number of halogens is 1. The summed E-state index contributed by atoms with van der Waals surface area (Å²) in [6, 6.07) is 13.2. The molecule has 0 atom stereocenters. The smallest absolute Gasteiger partial charge is 0.331 e. The van der Waals surface area contributed by atoms with Crippen LogP contribution < -0.4 is 9.47 Å². The van der Waals surface area contributed by atoms with Gasteiger partial charge in [0, 0.05) is 29.6 Å². The van der Waals surface area contributed by atoms with Gasteiger partial charge in [-0.25, -0.2) is 9.18 Å². The van der Waals surface area contributed by atoms with Gasteiger partial charge >= 0.3 is 5.97 Å². The normalized spacial score (nSPS) is 12.3. The van der Waals surface area contributed by atoms with E-state index in [9.17, 15) is 14.0 Å². The molecule has 4 rings (SSSR count). The van der Waals surface area contributed by atoms with Crippen molar-refractivity contribution in [3.8, 4) is 11.5 Å². The molecule has 0 fully saturated rings. The highest BCUT2D eigenvalue weighted by Gasteiger charge is 2.18. The summed E-state index contributed by atoms with van der Waals surface area (Å²) in [5.74, 6) is 0.157. The average Bonchev–Trinajstić information content (AvgIpc) is 3.36. The molecular formula is C25H22FNO5. The SMILES string of the molecule is Cc1cc(C(=O)COC(=O)C=Cc2ccc(F)cc2)c(C)n1Cc1ccc2c(c1)OCO2. The number of ketones is 1. The number of fused-ring (bicyclic) bond motifs is 1. The first-order valence-corrected chi connectivity index (χ1v) is 10.1. The minimum Gasteiger partial charge on any atom is -0.454 e. The number of ether oxygens (including phenoxy) is 3. The Labute approximate surface area is 184 Å². The Balaban J connectivity index is 1.38. The van der Waals surface area contributed by atoms with Crippen LogP contribution in [0.1, 0.15) is 32.9 Å². The summed E-state index contributed by atoms with van der Waals surface area (Å²) in [6.07, 6.45) is 2.72. The van der Waals surface area contributed by atoms with E-state index in [1.165, 1.54) is 24.3 Å². The number of carbonyl (C=O) groups is 2. The van der Waals surface area contributed by atoms with Crippen LogP contribution in [0.5, 0.6) is 11.5 Å². The second kappa shape index (κ2) is 9.09. The van der Waals surface area contributed by atoms with Gasteiger partial charge in [-0.15, -0.1) is 0 Å². The summed E-state index contributed by atoms with van der Waals surface area (Å²) in [5.41, 5.74) is 3.90. The second-order valence-corrected chi connectivity index (χ2v) is 7.47. The van der Waals surface area contributed by atoms with E-state index in [-0.39, 0.29) is 25.0 Å². The Bertz CT molecular complexity index is 1190. The maximum atomic E-state index is 12.9. The molecule has 0 saturated heterocycles. The predicted octanol–water partition coefficient (Wildman–Crippen LogP) is 4.46. The Morgan fingerprint density at radius 1 is 1.06 bits per heavy atom. The fourth-order valence-electron chi connectivity index (χ4n) is 3.55. The lowest BCUT2D eigenvalue weighted by Gasteiger charge is -2.10. The standard InChI is InChI=1S/C25H22FNO5/c1-16-11-21(17(2)27(16)13-19-5-9-23-24(12-19)32-15-31-23)22(28)14-30-25(29)10-6-18-3-7-20(26)8-4-18/h3-12H,13-15H2,1-2H3. The number of aryl methyl sites for hydroxylation is 1. The molecule has 0 saturated carbocycles. The molecule has 2 aromatic carbocycles. The lowest BCUT2D eigenvalue weighted by molar-refractivity contribution is -0.136. The zero-order valence-corrected chi connectivity index (χ0v) is 17.8. The van der Waals surface area contributed by atoms with Gasteiger partial charge in [0.1, 0.15) is 5.82 Å². The molecule has 0 aliphatic carbocycles. The molecule has 164 valence electrons. The molecule has 6 nitrogen and oxygen atoms in total. The van der Waals surface area contributed by atoms with E-state index in [0.717, 1.165) is 22.7 Å². The lowest BCUT2D eigenvalue weighted by Crippen LogP contribution is -2.13. The van der Waals surface area contributed by atoms with E-state index < -0.39 is 5.97 Å². The molecule has 0 amide bonds. The van der Waals surface area contributed by atoms with E-state index in [1.807, 2.05) is 36.6 Å².